The molecule has 3 aromatic rings. The summed E-state index contributed by atoms with van der Waals surface area (Å²) < 4.78 is 1.12. The van der Waals surface area contributed by atoms with Gasteiger partial charge < -0.3 is 15.6 Å². The van der Waals surface area contributed by atoms with E-state index < -0.39 is 0 Å². The molecule has 0 spiro atoms. The zero-order valence-corrected chi connectivity index (χ0v) is 13.3. The number of nitrogens with zero attached hydrogens (tertiary/aromatic N) is 3. The van der Waals surface area contributed by atoms with Gasteiger partial charge >= 0.3 is 0 Å². The number of hydrogen-bond donors (Lipinski definition) is 2. The standard InChI is InChI=1S/C14H14IN5/c1-20(2)12-6-5-11-14(18-12)19-13(17-11)9-7-8(15)3-4-10(9)16/h3-7H,16H2,1-2H3,(H,17,18,19). The van der Waals surface area contributed by atoms with Crippen LogP contribution in [0.3, 0.4) is 0 Å². The van der Waals surface area contributed by atoms with E-state index >= 15 is 0 Å². The van der Waals surface area contributed by atoms with Crippen LogP contribution < -0.4 is 10.6 Å². The number of benzene rings is 1. The zero-order valence-electron chi connectivity index (χ0n) is 11.2. The van der Waals surface area contributed by atoms with Gasteiger partial charge in [-0.3, -0.25) is 0 Å². The smallest absolute Gasteiger partial charge is 0.180 e. The number of nitrogens with one attached hydrogen (secondary N) is 1. The van der Waals surface area contributed by atoms with Crippen molar-refractivity contribution < 1.29 is 0 Å². The van der Waals surface area contributed by atoms with E-state index in [-0.39, 0.29) is 0 Å². The van der Waals surface area contributed by atoms with Gasteiger partial charge in [-0.15, -0.1) is 0 Å². The molecule has 102 valence electrons. The van der Waals surface area contributed by atoms with Gasteiger partial charge in [-0.2, -0.15) is 0 Å². The number of H-pyrrole nitrogens is 1. The summed E-state index contributed by atoms with van der Waals surface area (Å²) >= 11 is 2.26. The number of fused-ring (bicyclic) bond motifs is 1. The first-order chi connectivity index (χ1) is 9.54. The highest BCUT2D eigenvalue weighted by Gasteiger charge is 2.10. The van der Waals surface area contributed by atoms with Crippen molar-refractivity contribution in [1.82, 2.24) is 15.0 Å². The first-order valence-corrected chi connectivity index (χ1v) is 7.22. The molecule has 0 bridgehead atoms. The number of imidazole rings is 1. The number of nitrogens with two attached hydrogens (primary N) is 1. The van der Waals surface area contributed by atoms with Gasteiger partial charge in [0.25, 0.3) is 0 Å². The number of anilines is 2. The molecule has 0 unspecified atom stereocenters. The Balaban J connectivity index is 2.15. The van der Waals surface area contributed by atoms with Crippen LogP contribution in [0.4, 0.5) is 11.5 Å². The Morgan fingerprint density at radius 3 is 2.70 bits per heavy atom. The summed E-state index contributed by atoms with van der Waals surface area (Å²) in [5, 5.41) is 0. The Morgan fingerprint density at radius 1 is 1.15 bits per heavy atom. The van der Waals surface area contributed by atoms with Crippen LogP contribution >= 0.6 is 22.6 Å². The summed E-state index contributed by atoms with van der Waals surface area (Å²) in [5.41, 5.74) is 9.24. The summed E-state index contributed by atoms with van der Waals surface area (Å²) in [6.45, 7) is 0. The average molecular weight is 379 g/mol. The fourth-order valence-electron chi connectivity index (χ4n) is 1.99. The molecule has 0 radical (unpaired) electrons. The molecular formula is C14H14IN5. The van der Waals surface area contributed by atoms with E-state index in [2.05, 4.69) is 37.5 Å². The van der Waals surface area contributed by atoms with Crippen LogP contribution in [0.25, 0.3) is 22.6 Å². The number of nitrogen functional groups attached to an aromatic ring is 1. The molecule has 5 nitrogen and oxygen atoms in total. The lowest BCUT2D eigenvalue weighted by Gasteiger charge is -2.09. The number of hydrogen-bond acceptors (Lipinski definition) is 4. The third kappa shape index (κ3) is 2.31. The van der Waals surface area contributed by atoms with Gasteiger partial charge in [0.1, 0.15) is 11.6 Å². The number of pyridine rings is 1. The third-order valence-electron chi connectivity index (χ3n) is 3.06. The summed E-state index contributed by atoms with van der Waals surface area (Å²) in [6, 6.07) is 9.83. The highest BCUT2D eigenvalue weighted by Crippen LogP contribution is 2.27. The van der Waals surface area contributed by atoms with Crippen molar-refractivity contribution in [3.8, 4) is 11.4 Å². The summed E-state index contributed by atoms with van der Waals surface area (Å²) in [6.07, 6.45) is 0. The zero-order chi connectivity index (χ0) is 14.3. The molecule has 0 saturated heterocycles. The third-order valence-corrected chi connectivity index (χ3v) is 3.73. The lowest BCUT2D eigenvalue weighted by molar-refractivity contribution is 1.08. The maximum Gasteiger partial charge on any atom is 0.180 e. The van der Waals surface area contributed by atoms with E-state index in [4.69, 9.17) is 5.73 Å². The molecule has 0 aliphatic rings. The predicted octanol–water partition coefficient (Wildman–Crippen LogP) is 2.88. The Labute approximate surface area is 130 Å². The van der Waals surface area contributed by atoms with Gasteiger partial charge in [-0.25, -0.2) is 9.97 Å². The number of aromatic nitrogens is 3. The maximum atomic E-state index is 6.03. The molecule has 2 heterocycles. The van der Waals surface area contributed by atoms with Gasteiger partial charge in [0.15, 0.2) is 5.65 Å². The van der Waals surface area contributed by atoms with Crippen LogP contribution in [0, 0.1) is 3.57 Å². The van der Waals surface area contributed by atoms with Gasteiger partial charge in [0, 0.05) is 28.9 Å². The van der Waals surface area contributed by atoms with Crippen molar-refractivity contribution in [2.75, 3.05) is 24.7 Å². The van der Waals surface area contributed by atoms with Gasteiger partial charge in [-0.1, -0.05) is 0 Å². The van der Waals surface area contributed by atoms with E-state index in [9.17, 15) is 0 Å². The molecule has 0 fully saturated rings. The minimum Gasteiger partial charge on any atom is -0.398 e. The molecule has 0 amide bonds. The lowest BCUT2D eigenvalue weighted by atomic mass is 10.2. The first-order valence-electron chi connectivity index (χ1n) is 6.14. The van der Waals surface area contributed by atoms with Crippen LogP contribution in [0.5, 0.6) is 0 Å². The van der Waals surface area contributed by atoms with E-state index in [0.717, 1.165) is 26.3 Å². The molecular weight excluding hydrogens is 365 g/mol. The predicted molar refractivity (Wildman–Crippen MR) is 90.8 cm³/mol. The van der Waals surface area contributed by atoms with Crippen LogP contribution in [-0.4, -0.2) is 29.0 Å². The Hall–Kier alpha value is -1.83. The van der Waals surface area contributed by atoms with E-state index in [1.165, 1.54) is 0 Å². The van der Waals surface area contributed by atoms with Crippen LogP contribution in [0.2, 0.25) is 0 Å². The molecule has 0 saturated carbocycles. The largest absolute Gasteiger partial charge is 0.398 e. The van der Waals surface area contributed by atoms with Crippen molar-refractivity contribution in [3.63, 3.8) is 0 Å². The number of rotatable bonds is 2. The van der Waals surface area contributed by atoms with Gasteiger partial charge in [-0.05, 0) is 52.9 Å². The second kappa shape index (κ2) is 4.93. The Kier molecular flexibility index (Phi) is 3.25. The average Bonchev–Trinajstić information content (AvgIpc) is 2.83. The molecule has 3 rings (SSSR count). The summed E-state index contributed by atoms with van der Waals surface area (Å²) in [5.74, 6) is 1.63. The van der Waals surface area contributed by atoms with Gasteiger partial charge in [0.05, 0.1) is 5.52 Å². The fourth-order valence-corrected chi connectivity index (χ4v) is 2.48. The quantitative estimate of drug-likeness (QED) is 0.531. The number of halogens is 1. The molecule has 20 heavy (non-hydrogen) atoms. The van der Waals surface area contributed by atoms with Crippen molar-refractivity contribution in [1.29, 1.82) is 0 Å². The molecule has 0 atom stereocenters. The van der Waals surface area contributed by atoms with Crippen LogP contribution in [0.1, 0.15) is 0 Å². The van der Waals surface area contributed by atoms with E-state index in [1.54, 1.807) is 0 Å². The molecule has 2 aromatic heterocycles. The van der Waals surface area contributed by atoms with Crippen molar-refractivity contribution in [2.24, 2.45) is 0 Å². The van der Waals surface area contributed by atoms with E-state index in [0.29, 0.717) is 11.3 Å². The molecule has 1 aromatic carbocycles. The maximum absolute atomic E-state index is 6.03. The fraction of sp³-hybridized carbons (Fsp3) is 0.143. The second-order valence-corrected chi connectivity index (χ2v) is 6.00. The summed E-state index contributed by atoms with van der Waals surface area (Å²) in [7, 11) is 3.92. The minimum absolute atomic E-state index is 0.699. The highest BCUT2D eigenvalue weighted by atomic mass is 127. The SMILES string of the molecule is CN(C)c1ccc2[nH]c(-c3cc(I)ccc3N)nc2n1. The normalized spacial score (nSPS) is 10.9. The Bertz CT molecular complexity index is 778. The monoisotopic (exact) mass is 379 g/mol. The molecule has 3 N–H and O–H groups in total. The summed E-state index contributed by atoms with van der Waals surface area (Å²) in [4.78, 5) is 14.3. The molecule has 6 heteroatoms. The molecule has 0 aliphatic carbocycles. The molecule has 0 aliphatic heterocycles. The highest BCUT2D eigenvalue weighted by molar-refractivity contribution is 14.1. The van der Waals surface area contributed by atoms with Crippen molar-refractivity contribution in [2.45, 2.75) is 0 Å². The van der Waals surface area contributed by atoms with Gasteiger partial charge in [0.2, 0.25) is 0 Å². The van der Waals surface area contributed by atoms with E-state index in [1.807, 2.05) is 49.3 Å². The van der Waals surface area contributed by atoms with Crippen LogP contribution in [-0.2, 0) is 0 Å². The number of aromatic amines is 1. The lowest BCUT2D eigenvalue weighted by Crippen LogP contribution is -2.10. The Morgan fingerprint density at radius 2 is 1.95 bits per heavy atom. The van der Waals surface area contributed by atoms with Crippen molar-refractivity contribution in [3.05, 3.63) is 33.9 Å². The topological polar surface area (TPSA) is 70.8 Å². The van der Waals surface area contributed by atoms with Crippen LogP contribution in [0.15, 0.2) is 30.3 Å². The minimum atomic E-state index is 0.699. The second-order valence-electron chi connectivity index (χ2n) is 4.75. The van der Waals surface area contributed by atoms with Crippen molar-refractivity contribution >= 4 is 45.3 Å². The first kappa shape index (κ1) is 13.2.